The van der Waals surface area contributed by atoms with Crippen LogP contribution in [-0.2, 0) is 11.2 Å². The SMILES string of the molecule is CN1CCN(C)C(C(=O)Cc2ccc(F)c(Br)c2)C1. The Morgan fingerprint density at radius 2 is 2.16 bits per heavy atom. The van der Waals surface area contributed by atoms with E-state index in [2.05, 4.69) is 25.7 Å². The maximum atomic E-state index is 13.2. The number of Topliss-reactive ketones (excluding diaryl/α,β-unsaturated/α-hetero) is 1. The lowest BCUT2D eigenvalue weighted by Gasteiger charge is -2.36. The number of hydrogen-bond acceptors (Lipinski definition) is 3. The van der Waals surface area contributed by atoms with Crippen LogP contribution < -0.4 is 0 Å². The quantitative estimate of drug-likeness (QED) is 0.847. The van der Waals surface area contributed by atoms with Gasteiger partial charge in [-0.05, 0) is 47.7 Å². The van der Waals surface area contributed by atoms with E-state index < -0.39 is 0 Å². The van der Waals surface area contributed by atoms with Gasteiger partial charge in [-0.2, -0.15) is 0 Å². The van der Waals surface area contributed by atoms with Crippen LogP contribution in [0, 0.1) is 5.82 Å². The van der Waals surface area contributed by atoms with Crippen LogP contribution in [-0.4, -0.2) is 55.4 Å². The van der Waals surface area contributed by atoms with Crippen LogP contribution in [0.1, 0.15) is 5.56 Å². The van der Waals surface area contributed by atoms with Crippen molar-refractivity contribution in [1.82, 2.24) is 9.80 Å². The third kappa shape index (κ3) is 3.61. The maximum Gasteiger partial charge on any atom is 0.155 e. The lowest BCUT2D eigenvalue weighted by Crippen LogP contribution is -2.53. The minimum absolute atomic E-state index is 0.0671. The van der Waals surface area contributed by atoms with Crippen LogP contribution in [0.25, 0.3) is 0 Å². The summed E-state index contributed by atoms with van der Waals surface area (Å²) >= 11 is 3.15. The molecule has 1 aromatic rings. The van der Waals surface area contributed by atoms with Gasteiger partial charge >= 0.3 is 0 Å². The zero-order valence-electron chi connectivity index (χ0n) is 11.2. The van der Waals surface area contributed by atoms with Crippen molar-refractivity contribution in [1.29, 1.82) is 0 Å². The summed E-state index contributed by atoms with van der Waals surface area (Å²) in [6.07, 6.45) is 0.349. The molecular formula is C14H18BrFN2O. The Morgan fingerprint density at radius 3 is 2.84 bits per heavy atom. The van der Waals surface area contributed by atoms with Gasteiger partial charge in [-0.15, -0.1) is 0 Å². The summed E-state index contributed by atoms with van der Waals surface area (Å²) in [6, 6.07) is 4.68. The highest BCUT2D eigenvalue weighted by molar-refractivity contribution is 9.10. The first-order valence-corrected chi connectivity index (χ1v) is 7.12. The molecule has 0 amide bonds. The summed E-state index contributed by atoms with van der Waals surface area (Å²) in [6.45, 7) is 2.65. The van der Waals surface area contributed by atoms with E-state index in [1.807, 2.05) is 14.1 Å². The highest BCUT2D eigenvalue weighted by Crippen LogP contribution is 2.18. The van der Waals surface area contributed by atoms with Crippen LogP contribution in [0.5, 0.6) is 0 Å². The number of halogens is 2. The maximum absolute atomic E-state index is 13.2. The second kappa shape index (κ2) is 6.11. The van der Waals surface area contributed by atoms with E-state index in [1.54, 1.807) is 12.1 Å². The summed E-state index contributed by atoms with van der Waals surface area (Å²) in [4.78, 5) is 16.6. The van der Waals surface area contributed by atoms with E-state index in [-0.39, 0.29) is 17.6 Å². The zero-order chi connectivity index (χ0) is 14.0. The standard InChI is InChI=1S/C14H18BrFN2O/c1-17-5-6-18(2)13(9-17)14(19)8-10-3-4-12(16)11(15)7-10/h3-4,7,13H,5-6,8-9H2,1-2H3. The molecule has 1 aromatic carbocycles. The largest absolute Gasteiger partial charge is 0.303 e. The van der Waals surface area contributed by atoms with E-state index in [1.165, 1.54) is 6.07 Å². The number of nitrogens with zero attached hydrogens (tertiary/aromatic N) is 2. The number of carbonyl (C=O) groups is 1. The predicted molar refractivity (Wildman–Crippen MR) is 76.7 cm³/mol. The smallest absolute Gasteiger partial charge is 0.155 e. The molecule has 19 heavy (non-hydrogen) atoms. The van der Waals surface area contributed by atoms with Gasteiger partial charge in [-0.3, -0.25) is 9.69 Å². The van der Waals surface area contributed by atoms with Crippen LogP contribution in [0.2, 0.25) is 0 Å². The Hall–Kier alpha value is -0.780. The van der Waals surface area contributed by atoms with Crippen molar-refractivity contribution in [3.8, 4) is 0 Å². The van der Waals surface area contributed by atoms with Gasteiger partial charge in [0.1, 0.15) is 5.82 Å². The van der Waals surface area contributed by atoms with Crippen LogP contribution in [0.4, 0.5) is 4.39 Å². The fourth-order valence-electron chi connectivity index (χ4n) is 2.33. The second-order valence-corrected chi connectivity index (χ2v) is 6.00. The second-order valence-electron chi connectivity index (χ2n) is 5.15. The molecule has 1 aliphatic rings. The Kier molecular flexibility index (Phi) is 4.71. The van der Waals surface area contributed by atoms with Crippen molar-refractivity contribution in [3.63, 3.8) is 0 Å². The molecule has 1 saturated heterocycles. The summed E-state index contributed by atoms with van der Waals surface area (Å²) in [5.74, 6) is -0.113. The lowest BCUT2D eigenvalue weighted by atomic mass is 10.0. The fourth-order valence-corrected chi connectivity index (χ4v) is 2.75. The predicted octanol–water partition coefficient (Wildman–Crippen LogP) is 1.95. The summed E-state index contributed by atoms with van der Waals surface area (Å²) in [7, 11) is 4.01. The summed E-state index contributed by atoms with van der Waals surface area (Å²) in [5, 5.41) is 0. The van der Waals surface area contributed by atoms with Crippen LogP contribution in [0.15, 0.2) is 22.7 Å². The van der Waals surface area contributed by atoms with Gasteiger partial charge < -0.3 is 4.90 Å². The van der Waals surface area contributed by atoms with E-state index in [0.29, 0.717) is 10.9 Å². The average molecular weight is 329 g/mol. The van der Waals surface area contributed by atoms with Crippen molar-refractivity contribution in [2.75, 3.05) is 33.7 Å². The first kappa shape index (κ1) is 14.6. The van der Waals surface area contributed by atoms with E-state index in [4.69, 9.17) is 0 Å². The van der Waals surface area contributed by atoms with Gasteiger partial charge in [0, 0.05) is 26.1 Å². The van der Waals surface area contributed by atoms with Gasteiger partial charge in [-0.25, -0.2) is 4.39 Å². The number of carbonyl (C=O) groups excluding carboxylic acids is 1. The van der Waals surface area contributed by atoms with Crippen molar-refractivity contribution in [2.45, 2.75) is 12.5 Å². The molecular weight excluding hydrogens is 311 g/mol. The van der Waals surface area contributed by atoms with Crippen molar-refractivity contribution < 1.29 is 9.18 Å². The normalized spacial score (nSPS) is 21.6. The molecule has 0 bridgehead atoms. The van der Waals surface area contributed by atoms with E-state index in [9.17, 15) is 9.18 Å². The minimum Gasteiger partial charge on any atom is -0.303 e. The van der Waals surface area contributed by atoms with Gasteiger partial charge in [-0.1, -0.05) is 6.07 Å². The van der Waals surface area contributed by atoms with E-state index in [0.717, 1.165) is 25.2 Å². The molecule has 0 spiro atoms. The molecule has 0 aliphatic carbocycles. The molecule has 0 saturated carbocycles. The van der Waals surface area contributed by atoms with E-state index >= 15 is 0 Å². The third-order valence-corrected chi connectivity index (χ3v) is 4.19. The monoisotopic (exact) mass is 328 g/mol. The number of rotatable bonds is 3. The topological polar surface area (TPSA) is 23.6 Å². The van der Waals surface area contributed by atoms with Crippen molar-refractivity contribution in [2.24, 2.45) is 0 Å². The van der Waals surface area contributed by atoms with Gasteiger partial charge in [0.2, 0.25) is 0 Å². The number of hydrogen-bond donors (Lipinski definition) is 0. The van der Waals surface area contributed by atoms with Gasteiger partial charge in [0.25, 0.3) is 0 Å². The Bertz CT molecular complexity index is 481. The van der Waals surface area contributed by atoms with Crippen LogP contribution >= 0.6 is 15.9 Å². The highest BCUT2D eigenvalue weighted by atomic mass is 79.9. The molecule has 0 N–H and O–H groups in total. The fraction of sp³-hybridized carbons (Fsp3) is 0.500. The number of piperazine rings is 1. The highest BCUT2D eigenvalue weighted by Gasteiger charge is 2.28. The Labute approximate surface area is 121 Å². The molecule has 3 nitrogen and oxygen atoms in total. The molecule has 1 fully saturated rings. The minimum atomic E-state index is -0.300. The van der Waals surface area contributed by atoms with Gasteiger partial charge in [0.05, 0.1) is 10.5 Å². The molecule has 1 heterocycles. The summed E-state index contributed by atoms with van der Waals surface area (Å²) < 4.78 is 13.6. The lowest BCUT2D eigenvalue weighted by molar-refractivity contribution is -0.125. The molecule has 1 aliphatic heterocycles. The number of ketones is 1. The third-order valence-electron chi connectivity index (χ3n) is 3.59. The molecule has 5 heteroatoms. The Morgan fingerprint density at radius 1 is 1.42 bits per heavy atom. The van der Waals surface area contributed by atoms with Gasteiger partial charge in [0.15, 0.2) is 5.78 Å². The molecule has 2 rings (SSSR count). The molecule has 0 radical (unpaired) electrons. The number of benzene rings is 1. The van der Waals surface area contributed by atoms with Crippen molar-refractivity contribution >= 4 is 21.7 Å². The van der Waals surface area contributed by atoms with Crippen LogP contribution in [0.3, 0.4) is 0 Å². The summed E-state index contributed by atoms with van der Waals surface area (Å²) in [5.41, 5.74) is 0.847. The molecule has 1 atom stereocenters. The first-order valence-electron chi connectivity index (χ1n) is 6.33. The number of likely N-dealkylation sites (N-methyl/N-ethyl adjacent to an activating group) is 2. The van der Waals surface area contributed by atoms with Crippen molar-refractivity contribution in [3.05, 3.63) is 34.1 Å². The molecule has 1 unspecified atom stereocenters. The first-order chi connectivity index (χ1) is 8.97. The average Bonchev–Trinajstić information content (AvgIpc) is 2.36. The molecule has 104 valence electrons. The Balaban J connectivity index is 2.05. The molecule has 0 aromatic heterocycles. The zero-order valence-corrected chi connectivity index (χ0v) is 12.8.